The quantitative estimate of drug-likeness (QED) is 0.309. The molecule has 0 aliphatic carbocycles. The number of benzene rings is 2. The maximum atomic E-state index is 13.5. The highest BCUT2D eigenvalue weighted by Crippen LogP contribution is 2.53. The summed E-state index contributed by atoms with van der Waals surface area (Å²) in [6.45, 7) is 22.0. The van der Waals surface area contributed by atoms with E-state index in [2.05, 4.69) is 0 Å². The second-order valence-electron chi connectivity index (χ2n) is 16.4. The Balaban J connectivity index is 0.000000188. The van der Waals surface area contributed by atoms with E-state index in [0.717, 1.165) is 11.1 Å². The van der Waals surface area contributed by atoms with E-state index in [1.54, 1.807) is 65.8 Å². The average Bonchev–Trinajstić information content (AvgIpc) is 3.09. The minimum atomic E-state index is -3.47. The van der Waals surface area contributed by atoms with Crippen LogP contribution in [0.25, 0.3) is 0 Å². The van der Waals surface area contributed by atoms with E-state index in [4.69, 9.17) is 30.9 Å². The Kier molecular flexibility index (Phi) is 8.05. The molecule has 4 heterocycles. The molecule has 4 atom stereocenters. The van der Waals surface area contributed by atoms with Crippen LogP contribution in [0.15, 0.2) is 46.4 Å². The van der Waals surface area contributed by atoms with Crippen LogP contribution in [0.3, 0.4) is 0 Å². The van der Waals surface area contributed by atoms with Crippen LogP contribution in [0.4, 0.5) is 11.4 Å². The molecule has 2 aromatic rings. The number of sulfone groups is 2. The minimum Gasteiger partial charge on any atom is -0.487 e. The lowest BCUT2D eigenvalue weighted by Crippen LogP contribution is -2.57. The van der Waals surface area contributed by atoms with Crippen LogP contribution < -0.4 is 20.9 Å². The van der Waals surface area contributed by atoms with Gasteiger partial charge in [0.05, 0.1) is 10.5 Å². The predicted octanol–water partition coefficient (Wildman–Crippen LogP) is 6.16. The molecule has 2 aromatic carbocycles. The first-order valence-corrected chi connectivity index (χ1v) is 19.5. The summed E-state index contributed by atoms with van der Waals surface area (Å²) in [5.41, 5.74) is 12.8. The third-order valence-electron chi connectivity index (χ3n) is 11.2. The molecule has 0 unspecified atom stereocenters. The van der Waals surface area contributed by atoms with Crippen LogP contribution in [-0.2, 0) is 30.8 Å². The van der Waals surface area contributed by atoms with Crippen molar-refractivity contribution in [3.63, 3.8) is 0 Å². The van der Waals surface area contributed by atoms with Crippen LogP contribution in [0.2, 0.25) is 0 Å². The monoisotopic (exact) mass is 700 g/mol. The van der Waals surface area contributed by atoms with Gasteiger partial charge in [-0.25, -0.2) is 16.8 Å². The summed E-state index contributed by atoms with van der Waals surface area (Å²) in [6, 6.07) is 10.8. The van der Waals surface area contributed by atoms with Crippen molar-refractivity contribution in [1.82, 2.24) is 0 Å². The summed E-state index contributed by atoms with van der Waals surface area (Å²) in [7, 11) is -6.94. The van der Waals surface area contributed by atoms with Gasteiger partial charge in [-0.3, -0.25) is 9.98 Å². The second kappa shape index (κ2) is 10.7. The van der Waals surface area contributed by atoms with Crippen molar-refractivity contribution in [2.75, 3.05) is 11.5 Å². The third-order valence-corrected chi connectivity index (χ3v) is 17.4. The van der Waals surface area contributed by atoms with Crippen molar-refractivity contribution in [3.05, 3.63) is 47.5 Å². The summed E-state index contributed by atoms with van der Waals surface area (Å²) < 4.78 is 64.2. The van der Waals surface area contributed by atoms with Gasteiger partial charge in [-0.05, 0) is 119 Å². The number of aliphatic imine (C=N–C) groups is 2. The number of fused-ring (bicyclic) bond motifs is 6. The smallest absolute Gasteiger partial charge is 0.166 e. The maximum Gasteiger partial charge on any atom is 0.166 e. The average molecular weight is 701 g/mol. The summed E-state index contributed by atoms with van der Waals surface area (Å²) in [5, 5.41) is -1.33. The number of hydrogen-bond acceptors (Lipinski definition) is 10. The number of hydrogen-bond donors (Lipinski definition) is 2. The molecular weight excluding hydrogens is 649 g/mol. The Morgan fingerprint density at radius 2 is 0.917 bits per heavy atom. The van der Waals surface area contributed by atoms with E-state index < -0.39 is 61.9 Å². The molecule has 48 heavy (non-hydrogen) atoms. The Morgan fingerprint density at radius 3 is 1.23 bits per heavy atom. The van der Waals surface area contributed by atoms with E-state index >= 15 is 0 Å². The van der Waals surface area contributed by atoms with Gasteiger partial charge in [0.2, 0.25) is 0 Å². The molecular formula is C36H52N4O6S2. The van der Waals surface area contributed by atoms with Crippen molar-refractivity contribution < 1.29 is 26.3 Å². The van der Waals surface area contributed by atoms with Crippen LogP contribution >= 0.6 is 0 Å². The second-order valence-corrected chi connectivity index (χ2v) is 21.8. The van der Waals surface area contributed by atoms with E-state index in [1.165, 1.54) is 0 Å². The van der Waals surface area contributed by atoms with Crippen LogP contribution in [0, 0.1) is 0 Å². The zero-order valence-corrected chi connectivity index (χ0v) is 32.0. The molecule has 0 saturated carbocycles. The summed E-state index contributed by atoms with van der Waals surface area (Å²) in [6.07, 6.45) is 0.751. The van der Waals surface area contributed by atoms with Gasteiger partial charge < -0.3 is 20.9 Å². The van der Waals surface area contributed by atoms with Gasteiger partial charge >= 0.3 is 0 Å². The Hall–Kier alpha value is -3.12. The molecule has 0 amide bonds. The first-order valence-electron chi connectivity index (χ1n) is 16.4. The predicted molar refractivity (Wildman–Crippen MR) is 195 cm³/mol. The molecule has 6 rings (SSSR count). The topological polar surface area (TPSA) is 163 Å². The number of nitrogens with two attached hydrogens (primary N) is 2. The number of nitrogens with zero attached hydrogens (tertiary/aromatic N) is 2. The highest BCUT2D eigenvalue weighted by Gasteiger charge is 2.60. The van der Waals surface area contributed by atoms with Gasteiger partial charge in [0, 0.05) is 46.8 Å². The van der Waals surface area contributed by atoms with Gasteiger partial charge in [-0.2, -0.15) is 0 Å². The Morgan fingerprint density at radius 1 is 0.604 bits per heavy atom. The first kappa shape index (κ1) is 36.2. The molecule has 264 valence electrons. The highest BCUT2D eigenvalue weighted by molar-refractivity contribution is 7.94. The van der Waals surface area contributed by atoms with Gasteiger partial charge in [0.25, 0.3) is 0 Å². The molecule has 0 aromatic heterocycles. The van der Waals surface area contributed by atoms with Crippen molar-refractivity contribution in [1.29, 1.82) is 0 Å². The van der Waals surface area contributed by atoms with E-state index in [9.17, 15) is 16.8 Å². The molecule has 4 aliphatic heterocycles. The summed E-state index contributed by atoms with van der Waals surface area (Å²) >= 11 is 0. The lowest BCUT2D eigenvalue weighted by Gasteiger charge is -2.44. The SMILES string of the molecule is CC1=N[C@]2(C)c3cc(N)ccc3OC(C)(C)C[C@@H]2S(=O)(=O)C1(C)C.CC1=N[C@]2(C)c3cc(N)ccc3OC(C)(C)C[C@H]2S(=O)(=O)C1(C)C. The molecule has 0 radical (unpaired) electrons. The maximum absolute atomic E-state index is 13.5. The normalized spacial score (nSPS) is 32.6. The van der Waals surface area contributed by atoms with Crippen LogP contribution in [0.1, 0.15) is 107 Å². The molecule has 0 saturated heterocycles. The fourth-order valence-corrected chi connectivity index (χ4v) is 12.7. The Bertz CT molecular complexity index is 1820. The van der Waals surface area contributed by atoms with Crippen molar-refractivity contribution >= 4 is 42.5 Å². The zero-order valence-electron chi connectivity index (χ0n) is 30.3. The van der Waals surface area contributed by atoms with Crippen molar-refractivity contribution in [3.8, 4) is 11.5 Å². The molecule has 0 fully saturated rings. The number of anilines is 2. The van der Waals surface area contributed by atoms with Crippen molar-refractivity contribution in [2.45, 2.75) is 138 Å². The number of nitrogen functional groups attached to an aromatic ring is 2. The highest BCUT2D eigenvalue weighted by atomic mass is 32.2. The lowest BCUT2D eigenvalue weighted by molar-refractivity contribution is 0.101. The third kappa shape index (κ3) is 5.32. The molecule has 0 spiro atoms. The molecule has 12 heteroatoms. The van der Waals surface area contributed by atoms with Gasteiger partial charge in [-0.1, -0.05) is 0 Å². The zero-order chi connectivity index (χ0) is 36.3. The molecule has 0 bridgehead atoms. The van der Waals surface area contributed by atoms with Crippen LogP contribution in [-0.4, -0.2) is 59.5 Å². The van der Waals surface area contributed by atoms with Crippen molar-refractivity contribution in [2.24, 2.45) is 9.98 Å². The standard InChI is InChI=1S/2C18H26N2O3S/c2*1-11-17(4,5)24(21,22)15-10-16(2,3)23-14-8-7-12(19)9-13(14)18(15,6)20-11/h2*7-9,15H,10,19H2,1-6H3/t15-,18+;15-,18-/m01/s1. The number of rotatable bonds is 0. The van der Waals surface area contributed by atoms with Gasteiger partial charge in [0.1, 0.15) is 43.3 Å². The van der Waals surface area contributed by atoms with E-state index in [0.29, 0.717) is 47.1 Å². The molecule has 10 nitrogen and oxygen atoms in total. The largest absolute Gasteiger partial charge is 0.487 e. The molecule has 4 N–H and O–H groups in total. The fraction of sp³-hybridized carbons (Fsp3) is 0.611. The minimum absolute atomic E-state index is 0.376. The van der Waals surface area contributed by atoms with Gasteiger partial charge in [0.15, 0.2) is 19.7 Å². The summed E-state index contributed by atoms with van der Waals surface area (Å²) in [5.74, 6) is 1.32. The number of ether oxygens (including phenoxy) is 2. The fourth-order valence-electron chi connectivity index (χ4n) is 7.56. The van der Waals surface area contributed by atoms with E-state index in [-0.39, 0.29) is 0 Å². The van der Waals surface area contributed by atoms with Crippen LogP contribution in [0.5, 0.6) is 11.5 Å². The Labute approximate surface area is 286 Å². The molecule has 4 aliphatic rings. The lowest BCUT2D eigenvalue weighted by atomic mass is 9.84. The van der Waals surface area contributed by atoms with Gasteiger partial charge in [-0.15, -0.1) is 0 Å². The van der Waals surface area contributed by atoms with E-state index in [1.807, 2.05) is 53.7 Å². The summed E-state index contributed by atoms with van der Waals surface area (Å²) in [4.78, 5) is 9.79. The first-order chi connectivity index (χ1) is 21.6.